The zero-order chi connectivity index (χ0) is 23.2. The minimum absolute atomic E-state index is 0.205. The van der Waals surface area contributed by atoms with Crippen molar-refractivity contribution in [1.82, 2.24) is 24.8 Å². The van der Waals surface area contributed by atoms with Crippen LogP contribution in [0.15, 0.2) is 36.5 Å². The molecule has 0 radical (unpaired) electrons. The molecule has 0 amide bonds. The number of aliphatic hydroxyl groups is 1. The van der Waals surface area contributed by atoms with Crippen molar-refractivity contribution in [2.45, 2.75) is 6.54 Å². The van der Waals surface area contributed by atoms with Crippen LogP contribution < -0.4 is 4.90 Å². The molecule has 9 nitrogen and oxygen atoms in total. The van der Waals surface area contributed by atoms with Crippen molar-refractivity contribution >= 4 is 16.9 Å². The number of rotatable bonds is 4. The molecule has 9 heteroatoms. The van der Waals surface area contributed by atoms with Gasteiger partial charge in [-0.25, -0.2) is 9.97 Å². The van der Waals surface area contributed by atoms with E-state index in [9.17, 15) is 5.11 Å². The second kappa shape index (κ2) is 10.8. The van der Waals surface area contributed by atoms with Crippen LogP contribution in [0.3, 0.4) is 0 Å². The minimum atomic E-state index is 0.205. The fraction of sp³-hybridized carbons (Fsp3) is 0.458. The van der Waals surface area contributed by atoms with E-state index in [1.807, 2.05) is 18.3 Å². The normalized spacial score (nSPS) is 17.6. The Labute approximate surface area is 194 Å². The molecule has 2 saturated heterocycles. The Morgan fingerprint density at radius 1 is 0.970 bits per heavy atom. The van der Waals surface area contributed by atoms with Crippen molar-refractivity contribution in [3.05, 3.63) is 42.1 Å². The smallest absolute Gasteiger partial charge is 0.162 e. The van der Waals surface area contributed by atoms with Gasteiger partial charge in [-0.3, -0.25) is 9.88 Å². The second-order valence-electron chi connectivity index (χ2n) is 8.31. The largest absolute Gasteiger partial charge is 0.508 e. The molecule has 1 aromatic carbocycles. The number of benzene rings is 1. The number of anilines is 1. The van der Waals surface area contributed by atoms with Gasteiger partial charge in [-0.05, 0) is 30.8 Å². The standard InChI is InChI=1S/C23H28N6O2.CH4O/c1-27-5-7-28(8-6-27)16-17-13-20-21(24-15-17)23(29-9-11-31-12-10-29)26-22(25-20)18-3-2-4-19(30)14-18;1-2/h2-4,13-15,30H,5-12,16H2,1H3;2H,1H3. The molecule has 0 atom stereocenters. The van der Waals surface area contributed by atoms with Crippen LogP contribution in [0.1, 0.15) is 5.56 Å². The summed E-state index contributed by atoms with van der Waals surface area (Å²) in [6.45, 7) is 8.07. The number of hydrogen-bond donors (Lipinski definition) is 2. The van der Waals surface area contributed by atoms with Gasteiger partial charge < -0.3 is 24.7 Å². The topological polar surface area (TPSA) is 98.1 Å². The Balaban J connectivity index is 0.00000126. The monoisotopic (exact) mass is 452 g/mol. The van der Waals surface area contributed by atoms with Crippen molar-refractivity contribution in [2.75, 3.05) is 71.5 Å². The summed E-state index contributed by atoms with van der Waals surface area (Å²) in [5.74, 6) is 1.64. The van der Waals surface area contributed by atoms with E-state index in [1.165, 1.54) is 0 Å². The maximum absolute atomic E-state index is 9.95. The highest BCUT2D eigenvalue weighted by Crippen LogP contribution is 2.29. The first kappa shape index (κ1) is 23.3. The van der Waals surface area contributed by atoms with Crippen LogP contribution in [-0.4, -0.2) is 102 Å². The number of pyridine rings is 1. The number of piperazine rings is 1. The first-order chi connectivity index (χ1) is 16.2. The quantitative estimate of drug-likeness (QED) is 0.611. The SMILES string of the molecule is CN1CCN(Cc2cnc3c(N4CCOCC4)nc(-c4cccc(O)c4)nc3c2)CC1.CO. The predicted molar refractivity (Wildman–Crippen MR) is 128 cm³/mol. The van der Waals surface area contributed by atoms with Gasteiger partial charge in [-0.15, -0.1) is 0 Å². The van der Waals surface area contributed by atoms with Gasteiger partial charge in [0.25, 0.3) is 0 Å². The van der Waals surface area contributed by atoms with Gasteiger partial charge in [0.2, 0.25) is 0 Å². The highest BCUT2D eigenvalue weighted by molar-refractivity contribution is 5.88. The summed E-state index contributed by atoms with van der Waals surface area (Å²) in [6.07, 6.45) is 1.96. The van der Waals surface area contributed by atoms with Crippen LogP contribution in [0.2, 0.25) is 0 Å². The summed E-state index contributed by atoms with van der Waals surface area (Å²) in [5, 5.41) is 16.9. The molecule has 2 N–H and O–H groups in total. The fourth-order valence-corrected chi connectivity index (χ4v) is 4.17. The van der Waals surface area contributed by atoms with E-state index >= 15 is 0 Å². The molecule has 2 aromatic heterocycles. The zero-order valence-electron chi connectivity index (χ0n) is 19.3. The average molecular weight is 453 g/mol. The molecule has 2 aliphatic rings. The van der Waals surface area contributed by atoms with E-state index in [4.69, 9.17) is 24.8 Å². The molecular formula is C24H32N6O3. The van der Waals surface area contributed by atoms with Gasteiger partial charge >= 0.3 is 0 Å². The second-order valence-corrected chi connectivity index (χ2v) is 8.31. The average Bonchev–Trinajstić information content (AvgIpc) is 2.86. The lowest BCUT2D eigenvalue weighted by molar-refractivity contribution is 0.122. The molecule has 2 aliphatic heterocycles. The molecule has 33 heavy (non-hydrogen) atoms. The Bertz CT molecular complexity index is 1070. The molecule has 176 valence electrons. The molecule has 2 fully saturated rings. The Morgan fingerprint density at radius 3 is 2.45 bits per heavy atom. The van der Waals surface area contributed by atoms with E-state index in [0.717, 1.165) is 80.9 Å². The van der Waals surface area contributed by atoms with Gasteiger partial charge in [-0.1, -0.05) is 12.1 Å². The molecule has 0 bridgehead atoms. The van der Waals surface area contributed by atoms with Crippen molar-refractivity contribution in [3.63, 3.8) is 0 Å². The number of morpholine rings is 1. The molecule has 5 rings (SSSR count). The lowest BCUT2D eigenvalue weighted by atomic mass is 10.1. The van der Waals surface area contributed by atoms with Crippen LogP contribution >= 0.6 is 0 Å². The molecular weight excluding hydrogens is 420 g/mol. The summed E-state index contributed by atoms with van der Waals surface area (Å²) in [6, 6.07) is 9.23. The van der Waals surface area contributed by atoms with Gasteiger partial charge in [0, 0.05) is 64.7 Å². The first-order valence-corrected chi connectivity index (χ1v) is 11.3. The predicted octanol–water partition coefficient (Wildman–Crippen LogP) is 1.59. The van der Waals surface area contributed by atoms with Crippen LogP contribution in [0.4, 0.5) is 5.82 Å². The summed E-state index contributed by atoms with van der Waals surface area (Å²) >= 11 is 0. The Kier molecular flexibility index (Phi) is 7.66. The van der Waals surface area contributed by atoms with Gasteiger partial charge in [-0.2, -0.15) is 0 Å². The first-order valence-electron chi connectivity index (χ1n) is 11.3. The van der Waals surface area contributed by atoms with E-state index in [1.54, 1.807) is 12.1 Å². The molecule has 4 heterocycles. The minimum Gasteiger partial charge on any atom is -0.508 e. The number of aliphatic hydroxyl groups excluding tert-OH is 1. The van der Waals surface area contributed by atoms with E-state index < -0.39 is 0 Å². The molecule has 0 saturated carbocycles. The molecule has 0 unspecified atom stereocenters. The number of ether oxygens (including phenoxy) is 1. The summed E-state index contributed by atoms with van der Waals surface area (Å²) in [5.41, 5.74) is 3.60. The maximum atomic E-state index is 9.95. The number of phenolic OH excluding ortho intramolecular Hbond substituents is 1. The van der Waals surface area contributed by atoms with Gasteiger partial charge in [0.05, 0.1) is 18.7 Å². The van der Waals surface area contributed by atoms with Crippen LogP contribution in [0, 0.1) is 0 Å². The number of likely N-dealkylation sites (N-methyl/N-ethyl adjacent to an activating group) is 1. The van der Waals surface area contributed by atoms with E-state index in [0.29, 0.717) is 19.0 Å². The molecule has 0 aliphatic carbocycles. The van der Waals surface area contributed by atoms with Crippen LogP contribution in [-0.2, 0) is 11.3 Å². The third kappa shape index (κ3) is 5.56. The summed E-state index contributed by atoms with van der Waals surface area (Å²) < 4.78 is 5.53. The third-order valence-electron chi connectivity index (χ3n) is 5.99. The maximum Gasteiger partial charge on any atom is 0.162 e. The lowest BCUT2D eigenvalue weighted by Gasteiger charge is -2.32. The summed E-state index contributed by atoms with van der Waals surface area (Å²) in [4.78, 5) is 21.5. The number of hydrogen-bond acceptors (Lipinski definition) is 9. The van der Waals surface area contributed by atoms with Crippen molar-refractivity contribution in [1.29, 1.82) is 0 Å². The molecule has 3 aromatic rings. The zero-order valence-corrected chi connectivity index (χ0v) is 19.3. The fourth-order valence-electron chi connectivity index (χ4n) is 4.17. The third-order valence-corrected chi connectivity index (χ3v) is 5.99. The number of nitrogens with zero attached hydrogens (tertiary/aromatic N) is 6. The number of fused-ring (bicyclic) bond motifs is 1. The number of phenols is 1. The Morgan fingerprint density at radius 2 is 1.73 bits per heavy atom. The lowest BCUT2D eigenvalue weighted by Crippen LogP contribution is -2.43. The van der Waals surface area contributed by atoms with E-state index in [2.05, 4.69) is 27.8 Å². The number of aromatic nitrogens is 3. The number of aromatic hydroxyl groups is 1. The van der Waals surface area contributed by atoms with Crippen molar-refractivity contribution in [2.24, 2.45) is 0 Å². The highest BCUT2D eigenvalue weighted by atomic mass is 16.5. The van der Waals surface area contributed by atoms with Crippen molar-refractivity contribution < 1.29 is 14.9 Å². The molecule has 0 spiro atoms. The highest BCUT2D eigenvalue weighted by Gasteiger charge is 2.20. The van der Waals surface area contributed by atoms with Crippen LogP contribution in [0.5, 0.6) is 5.75 Å². The summed E-state index contributed by atoms with van der Waals surface area (Å²) in [7, 11) is 3.17. The van der Waals surface area contributed by atoms with Crippen molar-refractivity contribution in [3.8, 4) is 17.1 Å². The van der Waals surface area contributed by atoms with Gasteiger partial charge in [0.15, 0.2) is 11.6 Å². The van der Waals surface area contributed by atoms with Gasteiger partial charge in [0.1, 0.15) is 11.3 Å². The Hall–Kier alpha value is -2.85. The van der Waals surface area contributed by atoms with Crippen LogP contribution in [0.25, 0.3) is 22.4 Å². The van der Waals surface area contributed by atoms with E-state index in [-0.39, 0.29) is 5.75 Å².